The highest BCUT2D eigenvalue weighted by atomic mass is 19.1. The Morgan fingerprint density at radius 3 is 2.86 bits per heavy atom. The van der Waals surface area contributed by atoms with Crippen LogP contribution in [0.1, 0.15) is 37.9 Å². The van der Waals surface area contributed by atoms with Gasteiger partial charge in [-0.25, -0.2) is 9.37 Å². The maximum absolute atomic E-state index is 12.7. The van der Waals surface area contributed by atoms with Crippen LogP contribution in [0.2, 0.25) is 0 Å². The van der Waals surface area contributed by atoms with Gasteiger partial charge in [-0.3, -0.25) is 9.48 Å². The molecule has 9 heteroatoms. The number of anilines is 3. The summed E-state index contributed by atoms with van der Waals surface area (Å²) >= 11 is 0. The van der Waals surface area contributed by atoms with E-state index in [4.69, 9.17) is 0 Å². The van der Waals surface area contributed by atoms with Gasteiger partial charge in [-0.05, 0) is 19.3 Å². The Morgan fingerprint density at radius 1 is 1.41 bits per heavy atom. The lowest BCUT2D eigenvalue weighted by atomic mass is 9.99. The number of carbonyl (C=O) groups is 1. The normalized spacial score (nSPS) is 16.0. The molecule has 1 amide bonds. The summed E-state index contributed by atoms with van der Waals surface area (Å²) in [5.41, 5.74) is 2.34. The maximum atomic E-state index is 12.7. The first-order chi connectivity index (χ1) is 13.8. The van der Waals surface area contributed by atoms with E-state index >= 15 is 0 Å². The van der Waals surface area contributed by atoms with Crippen LogP contribution in [-0.2, 0) is 17.9 Å². The van der Waals surface area contributed by atoms with Crippen molar-refractivity contribution in [3.63, 3.8) is 0 Å². The fourth-order valence-electron chi connectivity index (χ4n) is 3.53. The summed E-state index contributed by atoms with van der Waals surface area (Å²) in [5, 5.41) is 10.5. The van der Waals surface area contributed by atoms with E-state index in [0.717, 1.165) is 5.56 Å². The van der Waals surface area contributed by atoms with Crippen LogP contribution >= 0.6 is 0 Å². The van der Waals surface area contributed by atoms with Crippen LogP contribution in [0.25, 0.3) is 0 Å². The van der Waals surface area contributed by atoms with E-state index < -0.39 is 0 Å². The molecule has 0 fully saturated rings. The fourth-order valence-corrected chi connectivity index (χ4v) is 3.53. The molecule has 2 aromatic rings. The number of fused-ring (bicyclic) bond motifs is 1. The molecule has 8 nitrogen and oxygen atoms in total. The molecule has 2 aromatic heterocycles. The van der Waals surface area contributed by atoms with Crippen molar-refractivity contribution in [1.29, 1.82) is 0 Å². The first-order valence-corrected chi connectivity index (χ1v) is 9.77. The van der Waals surface area contributed by atoms with Gasteiger partial charge in [-0.1, -0.05) is 20.4 Å². The topological polar surface area (TPSA) is 88.0 Å². The molecule has 0 aromatic carbocycles. The van der Waals surface area contributed by atoms with Gasteiger partial charge in [0.15, 0.2) is 5.82 Å². The molecule has 3 rings (SSSR count). The molecule has 2 N–H and O–H groups in total. The highest BCUT2D eigenvalue weighted by molar-refractivity contribution is 6.03. The summed E-state index contributed by atoms with van der Waals surface area (Å²) in [6.07, 6.45) is 4.69. The second-order valence-corrected chi connectivity index (χ2v) is 7.71. The number of likely N-dealkylation sites (N-methyl/N-ethyl adjacent to an activating group) is 1. The van der Waals surface area contributed by atoms with E-state index in [1.165, 1.54) is 0 Å². The predicted molar refractivity (Wildman–Crippen MR) is 111 cm³/mol. The van der Waals surface area contributed by atoms with Gasteiger partial charge < -0.3 is 15.5 Å². The Balaban J connectivity index is 1.69. The van der Waals surface area contributed by atoms with Crippen molar-refractivity contribution in [2.45, 2.75) is 52.7 Å². The summed E-state index contributed by atoms with van der Waals surface area (Å²) in [6.45, 7) is 10.3. The summed E-state index contributed by atoms with van der Waals surface area (Å²) < 4.78 is 14.5. The molecular weight excluding hydrogens is 373 g/mol. The zero-order chi connectivity index (χ0) is 21.1. The summed E-state index contributed by atoms with van der Waals surface area (Å²) in [4.78, 5) is 23.4. The molecule has 1 aliphatic heterocycles. The van der Waals surface area contributed by atoms with Crippen molar-refractivity contribution < 1.29 is 9.18 Å². The molecule has 3 heterocycles. The molecular formula is C20H28FN7O. The largest absolute Gasteiger partial charge is 0.350 e. The first-order valence-electron chi connectivity index (χ1n) is 9.77. The predicted octanol–water partition coefficient (Wildman–Crippen LogP) is 3.27. The minimum atomic E-state index is -0.306. The van der Waals surface area contributed by atoms with E-state index in [9.17, 15) is 9.18 Å². The Hall–Kier alpha value is -2.97. The van der Waals surface area contributed by atoms with E-state index in [1.807, 2.05) is 38.9 Å². The van der Waals surface area contributed by atoms with Crippen molar-refractivity contribution in [3.05, 3.63) is 36.1 Å². The third-order valence-corrected chi connectivity index (χ3v) is 4.94. The highest BCUT2D eigenvalue weighted by Gasteiger charge is 2.35. The molecule has 0 radical (unpaired) electrons. The number of rotatable bonds is 8. The second kappa shape index (κ2) is 8.59. The van der Waals surface area contributed by atoms with Gasteiger partial charge in [-0.2, -0.15) is 10.1 Å². The SMILES string of the molecule is C=C(F)CCCn1cc(CNc2nc(C)c3c(n2)N(C)C(C(C)C)C(=O)N3)cn1. The fraction of sp³-hybridized carbons (Fsp3) is 0.500. The zero-order valence-corrected chi connectivity index (χ0v) is 17.4. The van der Waals surface area contributed by atoms with Crippen molar-refractivity contribution >= 4 is 23.4 Å². The lowest BCUT2D eigenvalue weighted by molar-refractivity contribution is -0.118. The van der Waals surface area contributed by atoms with E-state index in [0.29, 0.717) is 49.1 Å². The molecule has 29 heavy (non-hydrogen) atoms. The minimum Gasteiger partial charge on any atom is -0.350 e. The number of allylic oxidation sites excluding steroid dienone is 1. The number of carbonyl (C=O) groups excluding carboxylic acids is 1. The number of aryl methyl sites for hydroxylation is 2. The van der Waals surface area contributed by atoms with Gasteiger partial charge in [0, 0.05) is 38.3 Å². The summed E-state index contributed by atoms with van der Waals surface area (Å²) in [5.74, 6) is 1.01. The Labute approximate surface area is 170 Å². The number of aromatic nitrogens is 4. The molecule has 0 saturated carbocycles. The van der Waals surface area contributed by atoms with Crippen LogP contribution in [-0.4, -0.2) is 38.7 Å². The number of amides is 1. The standard InChI is InChI=1S/C20H28FN7O/c1-12(2)17-19(29)25-16-14(4)24-20(26-18(16)27(17)5)22-9-15-10-23-28(11-15)8-6-7-13(3)21/h10-12,17H,3,6-9H2,1-2,4-5H3,(H,25,29)(H,22,24,26). The van der Waals surface area contributed by atoms with E-state index in [1.54, 1.807) is 10.9 Å². The smallest absolute Gasteiger partial charge is 0.247 e. The third kappa shape index (κ3) is 4.72. The van der Waals surface area contributed by atoms with Crippen LogP contribution in [0, 0.1) is 12.8 Å². The van der Waals surface area contributed by atoms with Crippen LogP contribution in [0.5, 0.6) is 0 Å². The van der Waals surface area contributed by atoms with Crippen LogP contribution in [0.3, 0.4) is 0 Å². The minimum absolute atomic E-state index is 0.0360. The summed E-state index contributed by atoms with van der Waals surface area (Å²) in [7, 11) is 1.88. The average Bonchev–Trinajstić information content (AvgIpc) is 3.08. The number of hydrogen-bond donors (Lipinski definition) is 2. The van der Waals surface area contributed by atoms with Gasteiger partial charge in [0.05, 0.1) is 17.7 Å². The van der Waals surface area contributed by atoms with Crippen molar-refractivity contribution in [1.82, 2.24) is 19.7 Å². The molecule has 0 bridgehead atoms. The van der Waals surface area contributed by atoms with E-state index in [2.05, 4.69) is 32.3 Å². The molecule has 0 aliphatic carbocycles. The zero-order valence-electron chi connectivity index (χ0n) is 17.4. The Morgan fingerprint density at radius 2 is 2.17 bits per heavy atom. The highest BCUT2D eigenvalue weighted by Crippen LogP contribution is 2.34. The average molecular weight is 401 g/mol. The Bertz CT molecular complexity index is 908. The van der Waals surface area contributed by atoms with Gasteiger partial charge in [0.25, 0.3) is 0 Å². The van der Waals surface area contributed by atoms with Gasteiger partial charge in [0.2, 0.25) is 11.9 Å². The molecule has 1 atom stereocenters. The monoisotopic (exact) mass is 401 g/mol. The lowest BCUT2D eigenvalue weighted by Crippen LogP contribution is -2.49. The molecule has 1 unspecified atom stereocenters. The number of halogens is 1. The van der Waals surface area contributed by atoms with Crippen molar-refractivity contribution in [2.24, 2.45) is 5.92 Å². The Kier molecular flexibility index (Phi) is 6.14. The van der Waals surface area contributed by atoms with Crippen LogP contribution in [0.4, 0.5) is 21.8 Å². The van der Waals surface area contributed by atoms with Crippen LogP contribution < -0.4 is 15.5 Å². The van der Waals surface area contributed by atoms with Crippen LogP contribution in [0.15, 0.2) is 24.8 Å². The summed E-state index contributed by atoms with van der Waals surface area (Å²) in [6, 6.07) is -0.275. The molecule has 0 spiro atoms. The molecule has 1 aliphatic rings. The maximum Gasteiger partial charge on any atom is 0.247 e. The van der Waals surface area contributed by atoms with Gasteiger partial charge in [0.1, 0.15) is 11.7 Å². The van der Waals surface area contributed by atoms with Crippen molar-refractivity contribution in [3.8, 4) is 0 Å². The molecule has 156 valence electrons. The molecule has 0 saturated heterocycles. The number of nitrogens with one attached hydrogen (secondary N) is 2. The number of hydrogen-bond acceptors (Lipinski definition) is 6. The lowest BCUT2D eigenvalue weighted by Gasteiger charge is -2.36. The van der Waals surface area contributed by atoms with E-state index in [-0.39, 0.29) is 23.7 Å². The van der Waals surface area contributed by atoms with Gasteiger partial charge >= 0.3 is 0 Å². The first kappa shape index (κ1) is 20.8. The third-order valence-electron chi connectivity index (χ3n) is 4.94. The second-order valence-electron chi connectivity index (χ2n) is 7.71. The van der Waals surface area contributed by atoms with Gasteiger partial charge in [-0.15, -0.1) is 0 Å². The number of nitrogens with zero attached hydrogens (tertiary/aromatic N) is 5. The van der Waals surface area contributed by atoms with Crippen molar-refractivity contribution in [2.75, 3.05) is 22.6 Å². The quantitative estimate of drug-likeness (QED) is 0.706.